The summed E-state index contributed by atoms with van der Waals surface area (Å²) in [4.78, 5) is 14.2. The minimum absolute atomic E-state index is 0.136. The van der Waals surface area contributed by atoms with Crippen LogP contribution in [0.5, 0.6) is 0 Å². The number of amides is 1. The molecule has 3 rings (SSSR count). The van der Waals surface area contributed by atoms with Crippen LogP contribution in [0.25, 0.3) is 0 Å². The SMILES string of the molecule is O=C(c1ccc(CS(=O)CC2CCCCC2)cc1)N1CCCC1. The normalized spacial score (nSPS) is 20.6. The molecule has 1 aliphatic heterocycles. The third kappa shape index (κ3) is 4.66. The van der Waals surface area contributed by atoms with Crippen molar-refractivity contribution in [1.82, 2.24) is 4.90 Å². The van der Waals surface area contributed by atoms with Crippen LogP contribution in [0, 0.1) is 5.92 Å². The molecule has 0 spiro atoms. The van der Waals surface area contributed by atoms with Crippen LogP contribution >= 0.6 is 0 Å². The monoisotopic (exact) mass is 333 g/mol. The number of carbonyl (C=O) groups excluding carboxylic acids is 1. The summed E-state index contributed by atoms with van der Waals surface area (Å²) in [5.41, 5.74) is 1.84. The Morgan fingerprint density at radius 3 is 2.30 bits per heavy atom. The minimum Gasteiger partial charge on any atom is -0.339 e. The molecule has 1 amide bonds. The molecule has 0 bridgehead atoms. The van der Waals surface area contributed by atoms with Gasteiger partial charge in [0.1, 0.15) is 0 Å². The lowest BCUT2D eigenvalue weighted by Gasteiger charge is -2.20. The molecule has 3 nitrogen and oxygen atoms in total. The number of benzene rings is 1. The molecule has 1 saturated heterocycles. The zero-order valence-corrected chi connectivity index (χ0v) is 14.7. The maximum atomic E-state index is 12.3. The first-order chi connectivity index (χ1) is 11.2. The Labute approximate surface area is 141 Å². The second kappa shape index (κ2) is 8.09. The van der Waals surface area contributed by atoms with E-state index in [1.807, 2.05) is 29.2 Å². The Bertz CT molecular complexity index is 543. The van der Waals surface area contributed by atoms with Gasteiger partial charge in [0.05, 0.1) is 0 Å². The summed E-state index contributed by atoms with van der Waals surface area (Å²) in [5, 5.41) is 0. The van der Waals surface area contributed by atoms with Crippen molar-refractivity contribution in [3.63, 3.8) is 0 Å². The largest absolute Gasteiger partial charge is 0.339 e. The van der Waals surface area contributed by atoms with E-state index in [0.29, 0.717) is 11.7 Å². The predicted molar refractivity (Wildman–Crippen MR) is 94.9 cm³/mol. The van der Waals surface area contributed by atoms with Gasteiger partial charge in [0.25, 0.3) is 5.91 Å². The van der Waals surface area contributed by atoms with Gasteiger partial charge in [-0.3, -0.25) is 9.00 Å². The number of hydrogen-bond acceptors (Lipinski definition) is 2. The van der Waals surface area contributed by atoms with Gasteiger partial charge in [-0.25, -0.2) is 0 Å². The molecular formula is C19H27NO2S. The fraction of sp³-hybridized carbons (Fsp3) is 0.632. The molecule has 1 saturated carbocycles. The van der Waals surface area contributed by atoms with Crippen molar-refractivity contribution in [2.24, 2.45) is 5.92 Å². The second-order valence-corrected chi connectivity index (χ2v) is 8.45. The quantitative estimate of drug-likeness (QED) is 0.823. The molecule has 126 valence electrons. The van der Waals surface area contributed by atoms with Gasteiger partial charge in [0, 0.05) is 41.0 Å². The fourth-order valence-electron chi connectivity index (χ4n) is 3.71. The average molecular weight is 333 g/mol. The van der Waals surface area contributed by atoms with Gasteiger partial charge in [-0.1, -0.05) is 31.4 Å². The summed E-state index contributed by atoms with van der Waals surface area (Å²) in [6, 6.07) is 7.74. The Kier molecular flexibility index (Phi) is 5.87. The van der Waals surface area contributed by atoms with Crippen molar-refractivity contribution in [2.45, 2.75) is 50.7 Å². The van der Waals surface area contributed by atoms with Crippen LogP contribution in [0.15, 0.2) is 24.3 Å². The zero-order chi connectivity index (χ0) is 16.1. The summed E-state index contributed by atoms with van der Waals surface area (Å²) in [7, 11) is -0.783. The van der Waals surface area contributed by atoms with Crippen LogP contribution in [0.2, 0.25) is 0 Å². The summed E-state index contributed by atoms with van der Waals surface area (Å²) < 4.78 is 12.3. The molecule has 4 heteroatoms. The Hall–Kier alpha value is -1.16. The van der Waals surface area contributed by atoms with Crippen molar-refractivity contribution in [3.05, 3.63) is 35.4 Å². The highest BCUT2D eigenvalue weighted by Gasteiger charge is 2.20. The fourth-order valence-corrected chi connectivity index (χ4v) is 5.25. The number of likely N-dealkylation sites (tertiary alicyclic amines) is 1. The minimum atomic E-state index is -0.783. The molecule has 0 N–H and O–H groups in total. The molecule has 1 aromatic rings. The molecule has 1 aliphatic carbocycles. The first-order valence-electron chi connectivity index (χ1n) is 8.95. The number of nitrogens with zero attached hydrogens (tertiary/aromatic N) is 1. The zero-order valence-electron chi connectivity index (χ0n) is 13.8. The molecule has 0 radical (unpaired) electrons. The topological polar surface area (TPSA) is 37.4 Å². The second-order valence-electron chi connectivity index (χ2n) is 6.95. The van der Waals surface area contributed by atoms with Gasteiger partial charge in [-0.2, -0.15) is 0 Å². The first-order valence-corrected chi connectivity index (χ1v) is 10.4. The van der Waals surface area contributed by atoms with E-state index in [1.54, 1.807) is 0 Å². The van der Waals surface area contributed by atoms with E-state index in [4.69, 9.17) is 0 Å². The maximum Gasteiger partial charge on any atom is 0.253 e. The van der Waals surface area contributed by atoms with E-state index in [0.717, 1.165) is 42.8 Å². The molecule has 0 aromatic heterocycles. The van der Waals surface area contributed by atoms with Crippen molar-refractivity contribution >= 4 is 16.7 Å². The van der Waals surface area contributed by atoms with Crippen LogP contribution < -0.4 is 0 Å². The van der Waals surface area contributed by atoms with Crippen LogP contribution in [-0.2, 0) is 16.6 Å². The number of carbonyl (C=O) groups is 1. The molecule has 23 heavy (non-hydrogen) atoms. The van der Waals surface area contributed by atoms with Gasteiger partial charge < -0.3 is 4.90 Å². The van der Waals surface area contributed by atoms with Crippen molar-refractivity contribution in [1.29, 1.82) is 0 Å². The Morgan fingerprint density at radius 1 is 1.00 bits per heavy atom. The van der Waals surface area contributed by atoms with Gasteiger partial charge >= 0.3 is 0 Å². The predicted octanol–water partition coefficient (Wildman–Crippen LogP) is 3.75. The summed E-state index contributed by atoms with van der Waals surface area (Å²) in [6.45, 7) is 1.76. The van der Waals surface area contributed by atoms with Gasteiger partial charge in [-0.15, -0.1) is 0 Å². The van der Waals surface area contributed by atoms with E-state index in [9.17, 15) is 9.00 Å². The van der Waals surface area contributed by atoms with E-state index in [1.165, 1.54) is 32.1 Å². The lowest BCUT2D eigenvalue weighted by atomic mass is 9.91. The van der Waals surface area contributed by atoms with Crippen LogP contribution in [-0.4, -0.2) is 33.9 Å². The Balaban J connectivity index is 1.52. The molecule has 2 fully saturated rings. The van der Waals surface area contributed by atoms with Gasteiger partial charge in [0.15, 0.2) is 0 Å². The van der Waals surface area contributed by atoms with E-state index in [2.05, 4.69) is 0 Å². The van der Waals surface area contributed by atoms with E-state index < -0.39 is 10.8 Å². The van der Waals surface area contributed by atoms with Gasteiger partial charge in [0.2, 0.25) is 0 Å². The third-order valence-corrected chi connectivity index (χ3v) is 6.57. The highest BCUT2D eigenvalue weighted by molar-refractivity contribution is 7.84. The summed E-state index contributed by atoms with van der Waals surface area (Å²) in [5.74, 6) is 2.25. The third-order valence-electron chi connectivity index (χ3n) is 5.07. The highest BCUT2D eigenvalue weighted by Crippen LogP contribution is 2.25. The molecular weight excluding hydrogens is 306 g/mol. The molecule has 1 unspecified atom stereocenters. The Morgan fingerprint density at radius 2 is 1.65 bits per heavy atom. The summed E-state index contributed by atoms with van der Waals surface area (Å²) in [6.07, 6.45) is 8.66. The standard InChI is InChI=1S/C19H27NO2S/c21-19(20-12-4-5-13-20)18-10-8-17(9-11-18)15-23(22)14-16-6-2-1-3-7-16/h8-11,16H,1-7,12-15H2. The lowest BCUT2D eigenvalue weighted by molar-refractivity contribution is 0.0793. The van der Waals surface area contributed by atoms with Crippen LogP contribution in [0.1, 0.15) is 60.9 Å². The van der Waals surface area contributed by atoms with Crippen molar-refractivity contribution in [2.75, 3.05) is 18.8 Å². The molecule has 2 aliphatic rings. The molecule has 1 atom stereocenters. The number of rotatable bonds is 5. The molecule has 1 heterocycles. The van der Waals surface area contributed by atoms with Crippen LogP contribution in [0.4, 0.5) is 0 Å². The molecule has 1 aromatic carbocycles. The highest BCUT2D eigenvalue weighted by atomic mass is 32.2. The first kappa shape index (κ1) is 16.7. The van der Waals surface area contributed by atoms with E-state index >= 15 is 0 Å². The lowest BCUT2D eigenvalue weighted by Crippen LogP contribution is -2.27. The van der Waals surface area contributed by atoms with Gasteiger partial charge in [-0.05, 0) is 49.3 Å². The van der Waals surface area contributed by atoms with Crippen molar-refractivity contribution in [3.8, 4) is 0 Å². The smallest absolute Gasteiger partial charge is 0.253 e. The summed E-state index contributed by atoms with van der Waals surface area (Å²) >= 11 is 0. The number of hydrogen-bond donors (Lipinski definition) is 0. The average Bonchev–Trinajstić information content (AvgIpc) is 3.10. The van der Waals surface area contributed by atoms with Crippen LogP contribution in [0.3, 0.4) is 0 Å². The van der Waals surface area contributed by atoms with E-state index in [-0.39, 0.29) is 5.91 Å². The maximum absolute atomic E-state index is 12.3. The van der Waals surface area contributed by atoms with Crippen molar-refractivity contribution < 1.29 is 9.00 Å².